The molecule has 2 aromatic heterocycles. The van der Waals surface area contributed by atoms with Crippen molar-refractivity contribution < 1.29 is 17.6 Å². The molecule has 1 aliphatic rings. The van der Waals surface area contributed by atoms with Crippen molar-refractivity contribution in [3.63, 3.8) is 0 Å². The smallest absolute Gasteiger partial charge is 0.243 e. The highest BCUT2D eigenvalue weighted by atomic mass is 32.2. The van der Waals surface area contributed by atoms with E-state index in [1.54, 1.807) is 30.3 Å². The van der Waals surface area contributed by atoms with E-state index in [0.29, 0.717) is 36.0 Å². The molecule has 164 valence electrons. The van der Waals surface area contributed by atoms with Crippen LogP contribution in [0.2, 0.25) is 0 Å². The Morgan fingerprint density at radius 3 is 2.72 bits per heavy atom. The summed E-state index contributed by atoms with van der Waals surface area (Å²) >= 11 is 1.31. The van der Waals surface area contributed by atoms with Gasteiger partial charge in [0, 0.05) is 23.9 Å². The van der Waals surface area contributed by atoms with Crippen molar-refractivity contribution in [1.29, 1.82) is 0 Å². The Kier molecular flexibility index (Phi) is 5.54. The summed E-state index contributed by atoms with van der Waals surface area (Å²) in [5.41, 5.74) is 1.43. The fraction of sp³-hybridized carbons (Fsp3) is 0.217. The van der Waals surface area contributed by atoms with Gasteiger partial charge in [0.2, 0.25) is 15.9 Å². The van der Waals surface area contributed by atoms with E-state index in [1.807, 2.05) is 35.7 Å². The SMILES string of the molecule is O=C(Nc1nc(-c2cc3ccccc3o2)cs1)C1CCCN(S(=O)(=O)c2ccccc2)C1. The number of nitrogens with one attached hydrogen (secondary N) is 1. The first-order valence-corrected chi connectivity index (χ1v) is 12.6. The van der Waals surface area contributed by atoms with Gasteiger partial charge in [0.25, 0.3) is 0 Å². The quantitative estimate of drug-likeness (QED) is 0.463. The number of anilines is 1. The molecule has 32 heavy (non-hydrogen) atoms. The van der Waals surface area contributed by atoms with Crippen LogP contribution in [-0.4, -0.2) is 36.7 Å². The van der Waals surface area contributed by atoms with Gasteiger partial charge in [-0.05, 0) is 37.1 Å². The van der Waals surface area contributed by atoms with Crippen molar-refractivity contribution >= 4 is 43.4 Å². The van der Waals surface area contributed by atoms with Gasteiger partial charge in [-0.1, -0.05) is 36.4 Å². The minimum Gasteiger partial charge on any atom is -0.454 e. The Balaban J connectivity index is 1.28. The van der Waals surface area contributed by atoms with Crippen LogP contribution < -0.4 is 5.32 Å². The van der Waals surface area contributed by atoms with E-state index < -0.39 is 15.9 Å². The molecule has 0 spiro atoms. The number of benzene rings is 2. The van der Waals surface area contributed by atoms with Gasteiger partial charge in [0.1, 0.15) is 11.3 Å². The second-order valence-electron chi connectivity index (χ2n) is 7.69. The maximum Gasteiger partial charge on any atom is 0.243 e. The highest BCUT2D eigenvalue weighted by Crippen LogP contribution is 2.31. The molecule has 0 aliphatic carbocycles. The third-order valence-corrected chi connectivity index (χ3v) is 8.19. The fourth-order valence-corrected chi connectivity index (χ4v) is 6.12. The van der Waals surface area contributed by atoms with Gasteiger partial charge < -0.3 is 9.73 Å². The summed E-state index contributed by atoms with van der Waals surface area (Å²) in [6.45, 7) is 0.569. The Labute approximate surface area is 189 Å². The lowest BCUT2D eigenvalue weighted by Gasteiger charge is -2.31. The van der Waals surface area contributed by atoms with Crippen molar-refractivity contribution in [3.05, 3.63) is 66.0 Å². The normalized spacial score (nSPS) is 17.4. The third-order valence-electron chi connectivity index (χ3n) is 5.55. The summed E-state index contributed by atoms with van der Waals surface area (Å²) < 4.78 is 33.1. The van der Waals surface area contributed by atoms with E-state index in [1.165, 1.54) is 15.6 Å². The lowest BCUT2D eigenvalue weighted by Crippen LogP contribution is -2.43. The number of hydrogen-bond acceptors (Lipinski definition) is 6. The summed E-state index contributed by atoms with van der Waals surface area (Å²) in [4.78, 5) is 17.6. The van der Waals surface area contributed by atoms with Gasteiger partial charge in [-0.25, -0.2) is 13.4 Å². The van der Waals surface area contributed by atoms with E-state index in [-0.39, 0.29) is 17.3 Å². The molecule has 0 radical (unpaired) electrons. The zero-order chi connectivity index (χ0) is 22.1. The second-order valence-corrected chi connectivity index (χ2v) is 10.5. The number of aromatic nitrogens is 1. The molecular weight excluding hydrogens is 446 g/mol. The molecule has 5 rings (SSSR count). The molecule has 1 N–H and O–H groups in total. The van der Waals surface area contributed by atoms with Gasteiger partial charge in [0.15, 0.2) is 10.9 Å². The van der Waals surface area contributed by atoms with Crippen molar-refractivity contribution in [2.75, 3.05) is 18.4 Å². The van der Waals surface area contributed by atoms with Crippen LogP contribution in [-0.2, 0) is 14.8 Å². The van der Waals surface area contributed by atoms with Crippen LogP contribution in [0.4, 0.5) is 5.13 Å². The number of amides is 1. The summed E-state index contributed by atoms with van der Waals surface area (Å²) in [6.07, 6.45) is 1.26. The summed E-state index contributed by atoms with van der Waals surface area (Å²) in [6, 6.07) is 18.0. The molecule has 4 aromatic rings. The topological polar surface area (TPSA) is 92.5 Å². The zero-order valence-electron chi connectivity index (χ0n) is 17.1. The highest BCUT2D eigenvalue weighted by Gasteiger charge is 2.33. The lowest BCUT2D eigenvalue weighted by molar-refractivity contribution is -0.120. The van der Waals surface area contributed by atoms with E-state index in [2.05, 4.69) is 10.3 Å². The number of thiazole rings is 1. The van der Waals surface area contributed by atoms with Crippen molar-refractivity contribution in [2.24, 2.45) is 5.92 Å². The maximum absolute atomic E-state index is 12.9. The lowest BCUT2D eigenvalue weighted by atomic mass is 9.99. The number of hydrogen-bond donors (Lipinski definition) is 1. The highest BCUT2D eigenvalue weighted by molar-refractivity contribution is 7.89. The van der Waals surface area contributed by atoms with Crippen LogP contribution in [0.3, 0.4) is 0 Å². The molecule has 3 heterocycles. The van der Waals surface area contributed by atoms with Crippen LogP contribution in [0.15, 0.2) is 75.4 Å². The first-order chi connectivity index (χ1) is 15.5. The third kappa shape index (κ3) is 4.06. The monoisotopic (exact) mass is 467 g/mol. The Morgan fingerprint density at radius 1 is 1.12 bits per heavy atom. The van der Waals surface area contributed by atoms with E-state index in [9.17, 15) is 13.2 Å². The van der Waals surface area contributed by atoms with Gasteiger partial charge in [0.05, 0.1) is 10.8 Å². The van der Waals surface area contributed by atoms with Gasteiger partial charge in [-0.3, -0.25) is 4.79 Å². The molecule has 0 saturated carbocycles. The average Bonchev–Trinajstić information content (AvgIpc) is 3.46. The Morgan fingerprint density at radius 2 is 1.91 bits per heavy atom. The number of nitrogens with zero attached hydrogens (tertiary/aromatic N) is 2. The van der Waals surface area contributed by atoms with Gasteiger partial charge in [-0.2, -0.15) is 4.31 Å². The zero-order valence-corrected chi connectivity index (χ0v) is 18.7. The van der Waals surface area contributed by atoms with Crippen molar-refractivity contribution in [3.8, 4) is 11.5 Å². The second kappa shape index (κ2) is 8.50. The molecule has 1 aliphatic heterocycles. The Bertz CT molecular complexity index is 1330. The largest absolute Gasteiger partial charge is 0.454 e. The van der Waals surface area contributed by atoms with E-state index in [4.69, 9.17) is 4.42 Å². The summed E-state index contributed by atoms with van der Waals surface area (Å²) in [5.74, 6) is -0.00926. The molecule has 2 aromatic carbocycles. The average molecular weight is 468 g/mol. The number of para-hydroxylation sites is 1. The molecule has 0 bridgehead atoms. The number of rotatable bonds is 5. The summed E-state index contributed by atoms with van der Waals surface area (Å²) in [5, 5.41) is 6.14. The molecule has 7 nitrogen and oxygen atoms in total. The number of fused-ring (bicyclic) bond motifs is 1. The van der Waals surface area contributed by atoms with Crippen molar-refractivity contribution in [2.45, 2.75) is 17.7 Å². The Hall–Kier alpha value is -3.01. The first kappa shape index (κ1) is 20.9. The van der Waals surface area contributed by atoms with Crippen LogP contribution in [0.5, 0.6) is 0 Å². The van der Waals surface area contributed by atoms with E-state index in [0.717, 1.165) is 11.0 Å². The van der Waals surface area contributed by atoms with Crippen LogP contribution in [0, 0.1) is 5.92 Å². The minimum absolute atomic E-state index is 0.158. The van der Waals surface area contributed by atoms with Crippen LogP contribution in [0.25, 0.3) is 22.4 Å². The van der Waals surface area contributed by atoms with Gasteiger partial charge in [-0.15, -0.1) is 11.3 Å². The van der Waals surface area contributed by atoms with Crippen LogP contribution >= 0.6 is 11.3 Å². The summed E-state index contributed by atoms with van der Waals surface area (Å²) in [7, 11) is -3.62. The van der Waals surface area contributed by atoms with Crippen molar-refractivity contribution in [1.82, 2.24) is 9.29 Å². The first-order valence-electron chi connectivity index (χ1n) is 10.3. The number of carbonyl (C=O) groups excluding carboxylic acids is 1. The molecular formula is C23H21N3O4S2. The predicted molar refractivity (Wildman–Crippen MR) is 124 cm³/mol. The molecule has 1 unspecified atom stereocenters. The fourth-order valence-electron chi connectivity index (χ4n) is 3.88. The predicted octanol–water partition coefficient (Wildman–Crippen LogP) is 4.60. The number of piperidine rings is 1. The molecule has 1 fully saturated rings. The number of sulfonamides is 1. The van der Waals surface area contributed by atoms with Crippen LogP contribution in [0.1, 0.15) is 12.8 Å². The molecule has 1 amide bonds. The van der Waals surface area contributed by atoms with E-state index >= 15 is 0 Å². The number of furan rings is 1. The minimum atomic E-state index is -3.62. The molecule has 1 atom stereocenters. The standard InChI is InChI=1S/C23H21N3O4S2/c27-22(17-8-6-12-26(14-17)32(28,29)18-9-2-1-3-10-18)25-23-24-19(15-31-23)21-13-16-7-4-5-11-20(16)30-21/h1-5,7,9-11,13,15,17H,6,8,12,14H2,(H,24,25,27). The van der Waals surface area contributed by atoms with Gasteiger partial charge >= 0.3 is 0 Å². The molecule has 9 heteroatoms. The molecule has 1 saturated heterocycles. The number of carbonyl (C=O) groups is 1. The maximum atomic E-state index is 12.9.